The van der Waals surface area contributed by atoms with Gasteiger partial charge in [-0.1, -0.05) is 50.9 Å². The summed E-state index contributed by atoms with van der Waals surface area (Å²) in [5, 5.41) is 4.10. The van der Waals surface area contributed by atoms with E-state index in [1.165, 1.54) is 32.2 Å². The van der Waals surface area contributed by atoms with Gasteiger partial charge in [-0.3, -0.25) is 0 Å². The Bertz CT molecular complexity index is 419. The van der Waals surface area contributed by atoms with Crippen LogP contribution in [0.3, 0.4) is 0 Å². The lowest BCUT2D eigenvalue weighted by molar-refractivity contribution is 0.281. The molecule has 1 heterocycles. The van der Waals surface area contributed by atoms with Gasteiger partial charge < -0.3 is 10.1 Å². The average molecular weight is 304 g/mol. The van der Waals surface area contributed by atoms with Crippen molar-refractivity contribution in [3.8, 4) is 0 Å². The van der Waals surface area contributed by atoms with Gasteiger partial charge >= 0.3 is 0 Å². The highest BCUT2D eigenvalue weighted by molar-refractivity contribution is 6.71. The van der Waals surface area contributed by atoms with Crippen molar-refractivity contribution in [2.24, 2.45) is 0 Å². The minimum Gasteiger partial charge on any atom is -0.347 e. The van der Waals surface area contributed by atoms with Crippen LogP contribution in [0.5, 0.6) is 0 Å². The number of rotatable bonds is 5. The van der Waals surface area contributed by atoms with Crippen molar-refractivity contribution in [3.05, 3.63) is 23.2 Å². The number of nitrogens with one attached hydrogen (secondary N) is 1. The third-order valence-electron chi connectivity index (χ3n) is 5.58. The largest absolute Gasteiger partial charge is 0.347 e. The molecule has 0 atom stereocenters. The summed E-state index contributed by atoms with van der Waals surface area (Å²) in [4.78, 5) is 2.27. The molecule has 0 amide bonds. The predicted molar refractivity (Wildman–Crippen MR) is 102 cm³/mol. The Hall–Kier alpha value is -0.535. The van der Waals surface area contributed by atoms with E-state index in [9.17, 15) is 0 Å². The molecule has 1 N–H and O–H groups in total. The molecule has 1 fully saturated rings. The molecule has 0 aromatic heterocycles. The smallest absolute Gasteiger partial charge is 0.258 e. The minimum atomic E-state index is 0.258. The highest BCUT2D eigenvalue weighted by atomic mass is 15.0. The molecule has 0 aromatic carbocycles. The Morgan fingerprint density at radius 3 is 2.14 bits per heavy atom. The normalized spacial score (nSPS) is 22.3. The Morgan fingerprint density at radius 2 is 1.73 bits per heavy atom. The second kappa shape index (κ2) is 7.83. The van der Waals surface area contributed by atoms with Crippen LogP contribution in [-0.4, -0.2) is 37.9 Å². The lowest BCUT2D eigenvalue weighted by atomic mass is 9.26. The summed E-state index contributed by atoms with van der Waals surface area (Å²) in [5.74, 6) is 0. The van der Waals surface area contributed by atoms with Gasteiger partial charge in [-0.2, -0.15) is 0 Å². The van der Waals surface area contributed by atoms with Crippen LogP contribution in [0, 0.1) is 0 Å². The van der Waals surface area contributed by atoms with Crippen LogP contribution in [0.4, 0.5) is 0 Å². The molecular formula is C19H37BN2. The van der Waals surface area contributed by atoms with E-state index < -0.39 is 0 Å². The fourth-order valence-corrected chi connectivity index (χ4v) is 3.33. The van der Waals surface area contributed by atoms with Crippen molar-refractivity contribution in [2.45, 2.75) is 78.1 Å². The van der Waals surface area contributed by atoms with E-state index in [4.69, 9.17) is 0 Å². The zero-order chi connectivity index (χ0) is 17.0. The Balaban J connectivity index is 0.00000116. The van der Waals surface area contributed by atoms with Gasteiger partial charge in [0.2, 0.25) is 0 Å². The van der Waals surface area contributed by atoms with Crippen molar-refractivity contribution in [3.63, 3.8) is 0 Å². The summed E-state index contributed by atoms with van der Waals surface area (Å²) >= 11 is 0. The SMILES string of the molecule is CC.CN(C)CCCC1=CC=C(B2NC(C)(C)C2(C)C)CC1. The van der Waals surface area contributed by atoms with Gasteiger partial charge in [0.1, 0.15) is 0 Å². The molecule has 0 radical (unpaired) electrons. The van der Waals surface area contributed by atoms with Crippen LogP contribution in [-0.2, 0) is 0 Å². The summed E-state index contributed by atoms with van der Waals surface area (Å²) in [6.45, 7) is 15.2. The molecule has 0 saturated carbocycles. The molecule has 3 heteroatoms. The topological polar surface area (TPSA) is 15.3 Å². The van der Waals surface area contributed by atoms with E-state index in [1.807, 2.05) is 13.8 Å². The molecule has 1 aliphatic carbocycles. The first-order valence-corrected chi connectivity index (χ1v) is 9.05. The summed E-state index contributed by atoms with van der Waals surface area (Å²) in [5.41, 5.74) is 3.49. The van der Waals surface area contributed by atoms with Crippen LogP contribution in [0.15, 0.2) is 23.2 Å². The van der Waals surface area contributed by atoms with Crippen LogP contribution < -0.4 is 5.23 Å². The molecular weight excluding hydrogens is 267 g/mol. The molecule has 0 bridgehead atoms. The molecule has 126 valence electrons. The second-order valence-corrected chi connectivity index (χ2v) is 7.90. The maximum atomic E-state index is 3.75. The van der Waals surface area contributed by atoms with Gasteiger partial charge in [0.05, 0.1) is 0 Å². The summed E-state index contributed by atoms with van der Waals surface area (Å²) < 4.78 is 0. The molecule has 2 aliphatic rings. The molecule has 0 aromatic rings. The highest BCUT2D eigenvalue weighted by Gasteiger charge is 2.57. The van der Waals surface area contributed by atoms with Gasteiger partial charge in [-0.25, -0.2) is 0 Å². The van der Waals surface area contributed by atoms with Crippen molar-refractivity contribution >= 4 is 6.85 Å². The predicted octanol–water partition coefficient (Wildman–Crippen LogP) is 4.69. The second-order valence-electron chi connectivity index (χ2n) is 7.90. The first kappa shape index (κ1) is 19.5. The van der Waals surface area contributed by atoms with Gasteiger partial charge in [-0.15, -0.1) is 0 Å². The fourth-order valence-electron chi connectivity index (χ4n) is 3.33. The van der Waals surface area contributed by atoms with Crippen LogP contribution in [0.1, 0.15) is 67.2 Å². The van der Waals surface area contributed by atoms with Crippen molar-refractivity contribution in [2.75, 3.05) is 20.6 Å². The monoisotopic (exact) mass is 304 g/mol. The summed E-state index contributed by atoms with van der Waals surface area (Å²) in [7, 11) is 4.30. The van der Waals surface area contributed by atoms with Crippen LogP contribution >= 0.6 is 0 Å². The van der Waals surface area contributed by atoms with Crippen LogP contribution in [0.25, 0.3) is 0 Å². The zero-order valence-corrected chi connectivity index (χ0v) is 16.2. The highest BCUT2D eigenvalue weighted by Crippen LogP contribution is 2.51. The summed E-state index contributed by atoms with van der Waals surface area (Å²) in [6.07, 6.45) is 9.82. The Labute approximate surface area is 139 Å². The number of allylic oxidation sites excluding steroid dienone is 4. The first-order valence-electron chi connectivity index (χ1n) is 9.05. The minimum absolute atomic E-state index is 0.258. The maximum absolute atomic E-state index is 3.75. The van der Waals surface area contributed by atoms with Crippen LogP contribution in [0.2, 0.25) is 5.31 Å². The molecule has 2 rings (SSSR count). The van der Waals surface area contributed by atoms with E-state index >= 15 is 0 Å². The summed E-state index contributed by atoms with van der Waals surface area (Å²) in [6, 6.07) is 0. The van der Waals surface area contributed by atoms with Gasteiger partial charge in [-0.05, 0) is 65.5 Å². The van der Waals surface area contributed by atoms with E-state index in [0.29, 0.717) is 12.2 Å². The van der Waals surface area contributed by atoms with Gasteiger partial charge in [0.25, 0.3) is 6.85 Å². The van der Waals surface area contributed by atoms with Crippen molar-refractivity contribution in [1.29, 1.82) is 0 Å². The number of hydrogen-bond acceptors (Lipinski definition) is 2. The van der Waals surface area contributed by atoms with Crippen molar-refractivity contribution in [1.82, 2.24) is 10.1 Å². The third kappa shape index (κ3) is 4.26. The maximum Gasteiger partial charge on any atom is 0.258 e. The molecule has 1 aliphatic heterocycles. The first-order chi connectivity index (χ1) is 10.2. The van der Waals surface area contributed by atoms with Gasteiger partial charge in [0.15, 0.2) is 0 Å². The lowest BCUT2D eigenvalue weighted by Crippen LogP contribution is -2.73. The van der Waals surface area contributed by atoms with E-state index in [-0.39, 0.29) is 5.54 Å². The van der Waals surface area contributed by atoms with E-state index in [0.717, 1.165) is 0 Å². The quantitative estimate of drug-likeness (QED) is 0.741. The molecule has 1 saturated heterocycles. The average Bonchev–Trinajstić information content (AvgIpc) is 2.47. The number of nitrogens with zero attached hydrogens (tertiary/aromatic N) is 1. The Kier molecular flexibility index (Phi) is 6.95. The fraction of sp³-hybridized carbons (Fsp3) is 0.789. The van der Waals surface area contributed by atoms with Crippen molar-refractivity contribution < 1.29 is 0 Å². The zero-order valence-electron chi connectivity index (χ0n) is 16.2. The van der Waals surface area contributed by atoms with Gasteiger partial charge in [0, 0.05) is 5.54 Å². The third-order valence-corrected chi connectivity index (χ3v) is 5.58. The Morgan fingerprint density at radius 1 is 1.09 bits per heavy atom. The molecule has 2 nitrogen and oxygen atoms in total. The molecule has 0 unspecified atom stereocenters. The number of hydrogen-bond donors (Lipinski definition) is 1. The lowest BCUT2D eigenvalue weighted by Gasteiger charge is -2.59. The molecule has 22 heavy (non-hydrogen) atoms. The van der Waals surface area contributed by atoms with E-state index in [1.54, 1.807) is 11.0 Å². The van der Waals surface area contributed by atoms with E-state index in [2.05, 4.69) is 64.1 Å². The standard InChI is InChI=1S/C17H31BN2.C2H6/c1-16(2)17(3,4)19-18(16)15-11-9-14(10-12-15)8-7-13-20(5)6;1-2/h9,11,19H,7-8,10,12-13H2,1-6H3;1-2H3. The molecule has 0 spiro atoms.